The summed E-state index contributed by atoms with van der Waals surface area (Å²) in [5, 5.41) is 2.46. The Morgan fingerprint density at radius 1 is 0.462 bits per heavy atom. The first-order chi connectivity index (χ1) is 44.3. The van der Waals surface area contributed by atoms with Crippen molar-refractivity contribution in [3.8, 4) is 17.2 Å². The molecule has 0 saturated carbocycles. The van der Waals surface area contributed by atoms with Gasteiger partial charge in [0.05, 0.1) is 74.5 Å². The number of ether oxygens (including phenoxy) is 6. The van der Waals surface area contributed by atoms with E-state index in [2.05, 4.69) is 64.4 Å². The van der Waals surface area contributed by atoms with Gasteiger partial charge in [-0.1, -0.05) is 0 Å². The molecule has 23 heteroatoms. The van der Waals surface area contributed by atoms with E-state index in [0.29, 0.717) is 69.9 Å². The number of hydrogen-bond donors (Lipinski definition) is 3. The van der Waals surface area contributed by atoms with Crippen LogP contribution in [0.1, 0.15) is 161 Å². The Morgan fingerprint density at radius 3 is 0.914 bits per heavy atom. The zero-order valence-corrected chi connectivity index (χ0v) is 57.8. The molecule has 9 aromatic heterocycles. The molecule has 0 aliphatic rings. The van der Waals surface area contributed by atoms with E-state index < -0.39 is 0 Å². The molecule has 0 spiro atoms. The number of pyridine rings is 6. The summed E-state index contributed by atoms with van der Waals surface area (Å²) in [7, 11) is 9.61. The van der Waals surface area contributed by atoms with Crippen molar-refractivity contribution in [2.75, 3.05) is 48.9 Å². The molecule has 500 valence electrons. The van der Waals surface area contributed by atoms with Crippen LogP contribution in [0.15, 0.2) is 87.6 Å². The number of aromatic amines is 3. The van der Waals surface area contributed by atoms with Crippen LogP contribution in [0.2, 0.25) is 0 Å². The normalized spacial score (nSPS) is 13.2. The monoisotopic (exact) mass is 1300 g/mol. The zero-order chi connectivity index (χ0) is 68.7. The first-order valence-corrected chi connectivity index (χ1v) is 31.9. The number of H-pyrrole nitrogens is 3. The molecule has 9 rings (SSSR count). The summed E-state index contributed by atoms with van der Waals surface area (Å²) in [6, 6.07) is 16.6. The number of rotatable bonds is 24. The number of carbonyl (C=O) groups excluding carboxylic acids is 3. The summed E-state index contributed by atoms with van der Waals surface area (Å²) >= 11 is 0.250. The fourth-order valence-electron chi connectivity index (χ4n) is 12.0. The number of nitrogens with one attached hydrogen (secondary N) is 3. The number of halogens is 1. The van der Waals surface area contributed by atoms with Gasteiger partial charge in [-0.3, -0.25) is 28.8 Å². The Morgan fingerprint density at radius 2 is 0.699 bits per heavy atom. The van der Waals surface area contributed by atoms with Crippen LogP contribution in [0.4, 0.5) is 3.89 Å². The highest BCUT2D eigenvalue weighted by atomic mass is 32.2. The van der Waals surface area contributed by atoms with E-state index in [0.717, 1.165) is 67.3 Å². The van der Waals surface area contributed by atoms with Gasteiger partial charge in [-0.15, -0.1) is 0 Å². The van der Waals surface area contributed by atoms with Crippen LogP contribution < -0.4 is 30.9 Å². The van der Waals surface area contributed by atoms with Crippen molar-refractivity contribution in [3.63, 3.8) is 0 Å². The number of methoxy groups -OCH3 is 6. The third kappa shape index (κ3) is 16.5. The molecule has 0 bridgehead atoms. The van der Waals surface area contributed by atoms with Crippen molar-refractivity contribution in [1.29, 1.82) is 0 Å². The molecule has 0 aromatic carbocycles. The van der Waals surface area contributed by atoms with Crippen LogP contribution in [0.3, 0.4) is 0 Å². The predicted molar refractivity (Wildman–Crippen MR) is 365 cm³/mol. The van der Waals surface area contributed by atoms with Crippen LogP contribution in [0.25, 0.3) is 33.1 Å². The molecule has 0 aliphatic heterocycles. The Balaban J connectivity index is 0.000000216. The Hall–Kier alpha value is -8.51. The van der Waals surface area contributed by atoms with Crippen LogP contribution in [0, 0.1) is 41.5 Å². The summed E-state index contributed by atoms with van der Waals surface area (Å²) in [4.78, 5) is 98.9. The third-order valence-corrected chi connectivity index (χ3v) is 17.4. The van der Waals surface area contributed by atoms with Gasteiger partial charge < -0.3 is 57.1 Å². The van der Waals surface area contributed by atoms with Gasteiger partial charge in [-0.2, -0.15) is 3.89 Å². The van der Waals surface area contributed by atoms with E-state index in [9.17, 15) is 32.7 Å². The van der Waals surface area contributed by atoms with Crippen molar-refractivity contribution in [2.24, 2.45) is 0 Å². The maximum Gasteiger partial charge on any atom is 0.255 e. The van der Waals surface area contributed by atoms with E-state index in [4.69, 9.17) is 28.4 Å². The SMILES string of the molecule is COc1cc(C)[nH]c(=O)c1CCC(=O)c1c(C)n(C(C)C(C)OC)c2ncccc12.COc1cc(C)[nH]c(=O)c1CCC(=O)c1c(C)n(C(C)C(C)OC)c2ncccc12.COc1cc(C)[nH]c(=O)c1CCC(=O)c1c(C)n(C(C)C(C)OC)c2ncccc12.CSF. The maximum absolute atomic E-state index is 13.3. The van der Waals surface area contributed by atoms with Crippen LogP contribution in [-0.2, 0) is 33.5 Å². The predicted octanol–water partition coefficient (Wildman–Crippen LogP) is 12.5. The van der Waals surface area contributed by atoms with Crippen molar-refractivity contribution in [1.82, 2.24) is 43.6 Å². The van der Waals surface area contributed by atoms with Crippen molar-refractivity contribution < 1.29 is 46.7 Å². The molecule has 6 unspecified atom stereocenters. The van der Waals surface area contributed by atoms with Crippen LogP contribution in [-0.4, -0.2) is 128 Å². The number of hydrogen-bond acceptors (Lipinski definition) is 16. The molecule has 3 N–H and O–H groups in total. The quantitative estimate of drug-likeness (QED) is 0.0475. The minimum absolute atomic E-state index is 0.00832. The van der Waals surface area contributed by atoms with Gasteiger partial charge in [0.1, 0.15) is 34.2 Å². The van der Waals surface area contributed by atoms with Gasteiger partial charge in [0.25, 0.3) is 16.7 Å². The van der Waals surface area contributed by atoms with E-state index in [-0.39, 0.29) is 102 Å². The lowest BCUT2D eigenvalue weighted by Crippen LogP contribution is -2.22. The second-order valence-electron chi connectivity index (χ2n) is 23.1. The number of nitrogens with zero attached hydrogens (tertiary/aromatic N) is 6. The lowest BCUT2D eigenvalue weighted by Gasteiger charge is -2.22. The van der Waals surface area contributed by atoms with Crippen molar-refractivity contribution >= 4 is 62.6 Å². The molecule has 9 aromatic rings. The van der Waals surface area contributed by atoms with Gasteiger partial charge in [0, 0.05) is 145 Å². The molecular formula is C70H90FN9O12S. The molecule has 9 heterocycles. The van der Waals surface area contributed by atoms with Crippen molar-refractivity contribution in [2.45, 2.75) is 158 Å². The van der Waals surface area contributed by atoms with Crippen LogP contribution in [0.5, 0.6) is 17.2 Å². The van der Waals surface area contributed by atoms with Crippen molar-refractivity contribution in [3.05, 3.63) is 172 Å². The van der Waals surface area contributed by atoms with Gasteiger partial charge in [-0.25, -0.2) is 15.0 Å². The van der Waals surface area contributed by atoms with E-state index >= 15 is 0 Å². The summed E-state index contributed by atoms with van der Waals surface area (Å²) in [5.41, 5.74) is 9.76. The molecule has 6 atom stereocenters. The fraction of sp³-hybridized carbons (Fsp3) is 0.443. The summed E-state index contributed by atoms with van der Waals surface area (Å²) < 4.78 is 49.0. The van der Waals surface area contributed by atoms with E-state index in [1.807, 2.05) is 77.9 Å². The Kier molecular flexibility index (Phi) is 26.4. The van der Waals surface area contributed by atoms with Gasteiger partial charge in [-0.05, 0) is 157 Å². The van der Waals surface area contributed by atoms with Gasteiger partial charge in [0.15, 0.2) is 17.3 Å². The van der Waals surface area contributed by atoms with Gasteiger partial charge in [0.2, 0.25) is 0 Å². The zero-order valence-electron chi connectivity index (χ0n) is 57.0. The molecule has 0 radical (unpaired) electrons. The number of aromatic nitrogens is 9. The molecule has 21 nitrogen and oxygen atoms in total. The number of aryl methyl sites for hydroxylation is 3. The molecule has 0 amide bonds. The molecule has 0 aliphatic carbocycles. The molecule has 0 fully saturated rings. The lowest BCUT2D eigenvalue weighted by atomic mass is 10.0. The minimum Gasteiger partial charge on any atom is -0.496 e. The average molecular weight is 1300 g/mol. The lowest BCUT2D eigenvalue weighted by molar-refractivity contribution is 0.0782. The van der Waals surface area contributed by atoms with E-state index in [1.165, 1.54) is 27.6 Å². The first-order valence-electron chi connectivity index (χ1n) is 30.8. The highest BCUT2D eigenvalue weighted by Crippen LogP contribution is 2.35. The number of fused-ring (bicyclic) bond motifs is 3. The summed E-state index contributed by atoms with van der Waals surface area (Å²) in [6.45, 7) is 23.4. The maximum atomic E-state index is 13.3. The topological polar surface area (TPSA) is 259 Å². The Labute approximate surface area is 546 Å². The smallest absolute Gasteiger partial charge is 0.255 e. The largest absolute Gasteiger partial charge is 0.496 e. The fourth-order valence-corrected chi connectivity index (χ4v) is 12.0. The first kappa shape index (κ1) is 73.5. The summed E-state index contributed by atoms with van der Waals surface area (Å²) in [6.07, 6.45) is 7.94. The third-order valence-electron chi connectivity index (χ3n) is 17.4. The number of Topliss-reactive ketones (excluding diaryl/α,β-unsaturated/α-hetero) is 3. The average Bonchev–Trinajstić information content (AvgIpc) is 1.63. The van der Waals surface area contributed by atoms with Crippen LogP contribution >= 0.6 is 12.1 Å². The number of ketones is 3. The molecule has 0 saturated heterocycles. The highest BCUT2D eigenvalue weighted by Gasteiger charge is 2.30. The van der Waals surface area contributed by atoms with Gasteiger partial charge >= 0.3 is 0 Å². The minimum atomic E-state index is -0.219. The standard InChI is InChI=1S/3C23H29N3O4.CH3FS/c3*1-13-12-20(30-6)17(23(28)25-13)9-10-19(27)21-15(3)26(14(2)16(4)29-5)22-18(21)8-7-11-24-22;1-3-2/h3*7-8,11-12,14,16H,9-10H2,1-6H3,(H,25,28);1H3. The summed E-state index contributed by atoms with van der Waals surface area (Å²) in [5.74, 6) is 1.45. The number of carbonyl (C=O) groups is 3. The van der Waals surface area contributed by atoms with E-state index in [1.54, 1.807) is 78.9 Å². The second kappa shape index (κ2) is 33.4. The highest BCUT2D eigenvalue weighted by molar-refractivity contribution is 7.93. The Bertz CT molecular complexity index is 3850. The molecule has 93 heavy (non-hydrogen) atoms. The second-order valence-corrected chi connectivity index (χ2v) is 23.4. The molecular weight excluding hydrogens is 1210 g/mol.